The molecule has 0 atom stereocenters. The number of fused-ring (bicyclic) bond motifs is 2. The van der Waals surface area contributed by atoms with Gasteiger partial charge in [-0.15, -0.1) is 0 Å². The summed E-state index contributed by atoms with van der Waals surface area (Å²) >= 11 is 0. The van der Waals surface area contributed by atoms with Gasteiger partial charge in [0.2, 0.25) is 5.95 Å². The zero-order valence-corrected chi connectivity index (χ0v) is 23.7. The van der Waals surface area contributed by atoms with Crippen molar-refractivity contribution in [3.05, 3.63) is 59.8 Å². The Balaban J connectivity index is 1.18. The molecule has 214 valence electrons. The molecular formula is C30H35N7O4. The Hall–Kier alpha value is -4.22. The summed E-state index contributed by atoms with van der Waals surface area (Å²) in [4.78, 5) is 43.5. The van der Waals surface area contributed by atoms with Crippen LogP contribution < -0.4 is 19.9 Å². The zero-order valence-electron chi connectivity index (χ0n) is 23.7. The Morgan fingerprint density at radius 3 is 2.51 bits per heavy atom. The number of piperidine rings is 1. The second kappa shape index (κ2) is 11.3. The quantitative estimate of drug-likeness (QED) is 0.505. The highest BCUT2D eigenvalue weighted by Gasteiger charge is 2.30. The fourth-order valence-corrected chi connectivity index (χ4v) is 5.87. The summed E-state index contributed by atoms with van der Waals surface area (Å²) in [5.74, 6) is 1.34. The minimum absolute atomic E-state index is 0.00422. The standard InChI is InChI=1S/C30H35N7O4/c1-34-24-7-5-4-6-22(24)29(39)35(2)25-19-31-30(33-27(25)34)32-23-9-8-20(18-26(23)40-3)28(38)37-12-10-21(11-13-37)36-14-16-41-17-15-36/h4-9,18-19,21H,10-17H2,1-3H3,(H,31,32,33). The molecule has 2 saturated heterocycles. The number of morpholine rings is 1. The number of methoxy groups -OCH3 is 1. The summed E-state index contributed by atoms with van der Waals surface area (Å²) in [6.45, 7) is 4.99. The fraction of sp³-hybridized carbons (Fsp3) is 0.400. The van der Waals surface area contributed by atoms with Gasteiger partial charge in [0.05, 0.1) is 43.5 Å². The lowest BCUT2D eigenvalue weighted by atomic mass is 10.0. The van der Waals surface area contributed by atoms with Gasteiger partial charge >= 0.3 is 0 Å². The van der Waals surface area contributed by atoms with Crippen LogP contribution in [-0.2, 0) is 4.74 Å². The van der Waals surface area contributed by atoms with Gasteiger partial charge in [0.15, 0.2) is 5.82 Å². The molecule has 2 amide bonds. The highest BCUT2D eigenvalue weighted by molar-refractivity contribution is 6.13. The van der Waals surface area contributed by atoms with Gasteiger partial charge in [-0.05, 0) is 43.2 Å². The molecule has 41 heavy (non-hydrogen) atoms. The van der Waals surface area contributed by atoms with E-state index >= 15 is 0 Å². The molecule has 2 aromatic carbocycles. The fourth-order valence-electron chi connectivity index (χ4n) is 5.87. The van der Waals surface area contributed by atoms with Crippen molar-refractivity contribution >= 4 is 40.6 Å². The van der Waals surface area contributed by atoms with Gasteiger partial charge in [-0.3, -0.25) is 14.5 Å². The number of para-hydroxylation sites is 1. The summed E-state index contributed by atoms with van der Waals surface area (Å²) < 4.78 is 11.1. The Kier molecular flexibility index (Phi) is 7.46. The zero-order chi connectivity index (χ0) is 28.5. The van der Waals surface area contributed by atoms with Crippen LogP contribution in [0, 0.1) is 0 Å². The van der Waals surface area contributed by atoms with Crippen LogP contribution in [0.2, 0.25) is 0 Å². The van der Waals surface area contributed by atoms with Crippen molar-refractivity contribution in [1.29, 1.82) is 0 Å². The van der Waals surface area contributed by atoms with Gasteiger partial charge in [-0.1, -0.05) is 12.1 Å². The van der Waals surface area contributed by atoms with E-state index in [0.29, 0.717) is 46.1 Å². The third kappa shape index (κ3) is 5.18. The van der Waals surface area contributed by atoms with Crippen LogP contribution in [-0.4, -0.2) is 98.2 Å². The number of hydrogen-bond acceptors (Lipinski definition) is 9. The molecule has 11 heteroatoms. The molecule has 0 aliphatic carbocycles. The van der Waals surface area contributed by atoms with Crippen LogP contribution >= 0.6 is 0 Å². The van der Waals surface area contributed by atoms with Crippen molar-refractivity contribution in [2.45, 2.75) is 18.9 Å². The molecule has 11 nitrogen and oxygen atoms in total. The van der Waals surface area contributed by atoms with Gasteiger partial charge in [0.25, 0.3) is 11.8 Å². The number of amides is 2. The minimum atomic E-state index is -0.122. The molecule has 3 aliphatic rings. The molecule has 4 heterocycles. The molecule has 2 fully saturated rings. The molecule has 3 aliphatic heterocycles. The number of nitrogens with zero attached hydrogens (tertiary/aromatic N) is 6. The molecule has 1 aromatic heterocycles. The Labute approximate surface area is 239 Å². The van der Waals surface area contributed by atoms with E-state index in [1.165, 1.54) is 0 Å². The van der Waals surface area contributed by atoms with Crippen molar-refractivity contribution in [2.75, 3.05) is 75.7 Å². The van der Waals surface area contributed by atoms with Crippen LogP contribution in [0.4, 0.5) is 28.8 Å². The second-order valence-electron chi connectivity index (χ2n) is 10.6. The molecule has 3 aromatic rings. The second-order valence-corrected chi connectivity index (χ2v) is 10.6. The van der Waals surface area contributed by atoms with Gasteiger partial charge < -0.3 is 29.5 Å². The number of aromatic nitrogens is 2. The lowest BCUT2D eigenvalue weighted by Crippen LogP contribution is -2.50. The number of ether oxygens (including phenoxy) is 2. The normalized spacial score (nSPS) is 18.0. The maximum atomic E-state index is 13.4. The molecule has 0 spiro atoms. The summed E-state index contributed by atoms with van der Waals surface area (Å²) in [5.41, 5.74) is 3.18. The third-order valence-corrected chi connectivity index (χ3v) is 8.24. The summed E-state index contributed by atoms with van der Waals surface area (Å²) in [6, 6.07) is 13.3. The molecule has 6 rings (SSSR count). The highest BCUT2D eigenvalue weighted by atomic mass is 16.5. The van der Waals surface area contributed by atoms with Crippen molar-refractivity contribution < 1.29 is 19.1 Å². The van der Waals surface area contributed by atoms with E-state index in [0.717, 1.165) is 57.9 Å². The molecular weight excluding hydrogens is 522 g/mol. The maximum absolute atomic E-state index is 13.4. The molecule has 0 radical (unpaired) electrons. The number of likely N-dealkylation sites (tertiary alicyclic amines) is 1. The number of nitrogens with one attached hydrogen (secondary N) is 1. The van der Waals surface area contributed by atoms with Crippen molar-refractivity contribution in [3.8, 4) is 5.75 Å². The molecule has 1 N–H and O–H groups in total. The van der Waals surface area contributed by atoms with E-state index in [-0.39, 0.29) is 11.8 Å². The number of hydrogen-bond donors (Lipinski definition) is 1. The van der Waals surface area contributed by atoms with Gasteiger partial charge in [-0.25, -0.2) is 4.98 Å². The molecule has 0 unspecified atom stereocenters. The predicted octanol–water partition coefficient (Wildman–Crippen LogP) is 3.52. The average molecular weight is 558 g/mol. The third-order valence-electron chi connectivity index (χ3n) is 8.24. The van der Waals surface area contributed by atoms with Crippen LogP contribution in [0.15, 0.2) is 48.7 Å². The SMILES string of the molecule is COc1cc(C(=O)N2CCC(N3CCOCC3)CC2)ccc1Nc1ncc2c(n1)N(C)c1ccccc1C(=O)N2C. The number of rotatable bonds is 5. The smallest absolute Gasteiger partial charge is 0.260 e. The van der Waals surface area contributed by atoms with E-state index in [2.05, 4.69) is 15.2 Å². The topological polar surface area (TPSA) is 103 Å². The van der Waals surface area contributed by atoms with E-state index in [1.807, 2.05) is 47.2 Å². The Morgan fingerprint density at radius 1 is 1.00 bits per heavy atom. The van der Waals surface area contributed by atoms with E-state index < -0.39 is 0 Å². The first-order valence-electron chi connectivity index (χ1n) is 14.0. The summed E-state index contributed by atoms with van der Waals surface area (Å²) in [7, 11) is 5.18. The summed E-state index contributed by atoms with van der Waals surface area (Å²) in [5, 5.41) is 3.23. The van der Waals surface area contributed by atoms with Gasteiger partial charge in [0, 0.05) is 51.9 Å². The van der Waals surface area contributed by atoms with E-state index in [9.17, 15) is 9.59 Å². The average Bonchev–Trinajstić information content (AvgIpc) is 3.11. The minimum Gasteiger partial charge on any atom is -0.495 e. The van der Waals surface area contributed by atoms with Gasteiger partial charge in [0.1, 0.15) is 11.4 Å². The van der Waals surface area contributed by atoms with E-state index in [1.54, 1.807) is 37.4 Å². The Morgan fingerprint density at radius 2 is 1.76 bits per heavy atom. The first-order chi connectivity index (χ1) is 19.9. The molecule has 0 saturated carbocycles. The summed E-state index contributed by atoms with van der Waals surface area (Å²) in [6.07, 6.45) is 3.58. The number of carbonyl (C=O) groups excluding carboxylic acids is 2. The van der Waals surface area contributed by atoms with Crippen LogP contribution in [0.1, 0.15) is 33.6 Å². The van der Waals surface area contributed by atoms with Gasteiger partial charge in [-0.2, -0.15) is 4.98 Å². The monoisotopic (exact) mass is 557 g/mol. The number of anilines is 5. The van der Waals surface area contributed by atoms with Crippen LogP contribution in [0.25, 0.3) is 0 Å². The lowest BCUT2D eigenvalue weighted by Gasteiger charge is -2.40. The molecule has 0 bridgehead atoms. The largest absolute Gasteiger partial charge is 0.495 e. The van der Waals surface area contributed by atoms with Crippen molar-refractivity contribution in [3.63, 3.8) is 0 Å². The first kappa shape index (κ1) is 27.0. The first-order valence-corrected chi connectivity index (χ1v) is 14.0. The Bertz CT molecular complexity index is 1450. The maximum Gasteiger partial charge on any atom is 0.260 e. The van der Waals surface area contributed by atoms with Crippen LogP contribution in [0.3, 0.4) is 0 Å². The number of benzene rings is 2. The van der Waals surface area contributed by atoms with Crippen LogP contribution in [0.5, 0.6) is 5.75 Å². The van der Waals surface area contributed by atoms with E-state index in [4.69, 9.17) is 14.5 Å². The lowest BCUT2D eigenvalue weighted by molar-refractivity contribution is 0.00159. The van der Waals surface area contributed by atoms with Crippen molar-refractivity contribution in [1.82, 2.24) is 19.8 Å². The number of carbonyl (C=O) groups is 2. The van der Waals surface area contributed by atoms with Crippen molar-refractivity contribution in [2.24, 2.45) is 0 Å². The predicted molar refractivity (Wildman–Crippen MR) is 157 cm³/mol. The highest BCUT2D eigenvalue weighted by Crippen LogP contribution is 2.38.